The van der Waals surface area contributed by atoms with Gasteiger partial charge in [0.05, 0.1) is 17.1 Å². The average molecular weight is 445 g/mol. The zero-order chi connectivity index (χ0) is 22.1. The van der Waals surface area contributed by atoms with Gasteiger partial charge in [-0.05, 0) is 49.1 Å². The topological polar surface area (TPSA) is 117 Å². The van der Waals surface area contributed by atoms with Crippen molar-refractivity contribution < 1.29 is 18.0 Å². The van der Waals surface area contributed by atoms with Gasteiger partial charge in [-0.15, -0.1) is 0 Å². The monoisotopic (exact) mass is 444 g/mol. The van der Waals surface area contributed by atoms with Crippen LogP contribution in [-0.4, -0.2) is 37.8 Å². The molecule has 2 amide bonds. The van der Waals surface area contributed by atoms with Crippen LogP contribution in [0.4, 0.5) is 0 Å². The van der Waals surface area contributed by atoms with E-state index < -0.39 is 21.8 Å². The second kappa shape index (κ2) is 11.0. The van der Waals surface area contributed by atoms with E-state index in [0.717, 1.165) is 37.7 Å². The maximum atomic E-state index is 12.5. The predicted molar refractivity (Wildman–Crippen MR) is 116 cm³/mol. The first-order chi connectivity index (χ1) is 14.9. The molecule has 3 N–H and O–H groups in total. The highest BCUT2D eigenvalue weighted by Crippen LogP contribution is 2.20. The lowest BCUT2D eigenvalue weighted by atomic mass is 9.96. The van der Waals surface area contributed by atoms with Crippen molar-refractivity contribution >= 4 is 21.8 Å². The molecular formula is C22H28N4O4S. The smallest absolute Gasteiger partial charge is 0.309 e. The molecule has 1 aliphatic carbocycles. The number of nitrogens with one attached hydrogen (secondary N) is 3. The Labute approximate surface area is 182 Å². The maximum Gasteiger partial charge on any atom is 0.309 e. The van der Waals surface area contributed by atoms with E-state index in [-0.39, 0.29) is 24.0 Å². The summed E-state index contributed by atoms with van der Waals surface area (Å²) in [5.41, 5.74) is 1.53. The number of carbonyl (C=O) groups is 2. The third-order valence-corrected chi connectivity index (χ3v) is 6.76. The van der Waals surface area contributed by atoms with E-state index in [9.17, 15) is 18.0 Å². The molecule has 0 bridgehead atoms. The van der Waals surface area contributed by atoms with Crippen molar-refractivity contribution in [2.24, 2.45) is 0 Å². The van der Waals surface area contributed by atoms with Gasteiger partial charge in [0.15, 0.2) is 0 Å². The molecule has 1 aromatic heterocycles. The Morgan fingerprint density at radius 3 is 2.32 bits per heavy atom. The summed E-state index contributed by atoms with van der Waals surface area (Å²) in [7, 11) is -3.53. The lowest BCUT2D eigenvalue weighted by molar-refractivity contribution is -0.139. The predicted octanol–water partition coefficient (Wildman–Crippen LogP) is 1.67. The zero-order valence-corrected chi connectivity index (χ0v) is 18.2. The lowest BCUT2D eigenvalue weighted by Gasteiger charge is -2.22. The molecule has 8 nitrogen and oxygen atoms in total. The Morgan fingerprint density at radius 2 is 1.65 bits per heavy atom. The molecule has 0 atom stereocenters. The number of nitrogens with zero attached hydrogens (tertiary/aromatic N) is 1. The van der Waals surface area contributed by atoms with Crippen LogP contribution in [0.5, 0.6) is 0 Å². The van der Waals surface area contributed by atoms with Crippen LogP contribution in [0.25, 0.3) is 0 Å². The largest absolute Gasteiger partial charge is 0.348 e. The van der Waals surface area contributed by atoms with Gasteiger partial charge in [-0.2, -0.15) is 0 Å². The van der Waals surface area contributed by atoms with Crippen molar-refractivity contribution in [3.05, 3.63) is 59.9 Å². The average Bonchev–Trinajstić information content (AvgIpc) is 2.79. The third-order valence-electron chi connectivity index (χ3n) is 5.22. The van der Waals surface area contributed by atoms with E-state index in [4.69, 9.17) is 0 Å². The van der Waals surface area contributed by atoms with Crippen LogP contribution in [0.3, 0.4) is 0 Å². The highest BCUT2D eigenvalue weighted by Gasteiger charge is 2.21. The first-order valence-corrected chi connectivity index (χ1v) is 12.0. The fraction of sp³-hybridized carbons (Fsp3) is 0.409. The Morgan fingerprint density at radius 1 is 0.935 bits per heavy atom. The number of amides is 2. The van der Waals surface area contributed by atoms with E-state index >= 15 is 0 Å². The Balaban J connectivity index is 1.42. The van der Waals surface area contributed by atoms with Crippen LogP contribution in [0.2, 0.25) is 0 Å². The molecule has 3 rings (SSSR count). The summed E-state index contributed by atoms with van der Waals surface area (Å²) in [6, 6.07) is 11.9. The molecule has 0 saturated heterocycles. The quantitative estimate of drug-likeness (QED) is 0.536. The number of hydrogen-bond donors (Lipinski definition) is 3. The van der Waals surface area contributed by atoms with E-state index in [2.05, 4.69) is 20.3 Å². The molecule has 1 fully saturated rings. The highest BCUT2D eigenvalue weighted by atomic mass is 32.2. The molecule has 9 heteroatoms. The van der Waals surface area contributed by atoms with E-state index in [1.807, 2.05) is 0 Å². The molecule has 0 aliphatic heterocycles. The molecular weight excluding hydrogens is 416 g/mol. The Kier molecular flexibility index (Phi) is 8.13. The van der Waals surface area contributed by atoms with Crippen molar-refractivity contribution in [2.75, 3.05) is 6.54 Å². The summed E-state index contributed by atoms with van der Waals surface area (Å²) in [5, 5.41) is 5.08. The Hall–Kier alpha value is -2.78. The van der Waals surface area contributed by atoms with Gasteiger partial charge >= 0.3 is 11.8 Å². The second-order valence-corrected chi connectivity index (χ2v) is 9.32. The van der Waals surface area contributed by atoms with Gasteiger partial charge in [0, 0.05) is 18.8 Å². The fourth-order valence-corrected chi connectivity index (χ4v) is 4.80. The van der Waals surface area contributed by atoms with Gasteiger partial charge in [0.25, 0.3) is 0 Å². The van der Waals surface area contributed by atoms with Crippen LogP contribution in [0, 0.1) is 0 Å². The minimum atomic E-state index is -3.53. The molecule has 1 heterocycles. The van der Waals surface area contributed by atoms with Crippen LogP contribution in [-0.2, 0) is 32.6 Å². The highest BCUT2D eigenvalue weighted by molar-refractivity contribution is 7.89. The number of carbonyl (C=O) groups excluding carboxylic acids is 2. The summed E-state index contributed by atoms with van der Waals surface area (Å²) in [6.45, 7) is 0.445. The number of pyridine rings is 1. The van der Waals surface area contributed by atoms with Gasteiger partial charge in [-0.25, -0.2) is 13.1 Å². The van der Waals surface area contributed by atoms with Crippen LogP contribution in [0.15, 0.2) is 53.6 Å². The number of benzene rings is 1. The number of hydrogen-bond acceptors (Lipinski definition) is 5. The number of sulfonamides is 1. The minimum absolute atomic E-state index is 0.0115. The number of rotatable bonds is 8. The molecule has 1 aromatic carbocycles. The van der Waals surface area contributed by atoms with Crippen molar-refractivity contribution in [3.63, 3.8) is 0 Å². The summed E-state index contributed by atoms with van der Waals surface area (Å²) < 4.78 is 27.9. The lowest BCUT2D eigenvalue weighted by Crippen LogP contribution is -2.40. The van der Waals surface area contributed by atoms with Gasteiger partial charge in [0.1, 0.15) is 0 Å². The van der Waals surface area contributed by atoms with Crippen molar-refractivity contribution in [3.8, 4) is 0 Å². The molecule has 166 valence electrons. The van der Waals surface area contributed by atoms with Crippen molar-refractivity contribution in [2.45, 2.75) is 56.0 Å². The molecule has 1 aliphatic rings. The van der Waals surface area contributed by atoms with E-state index in [1.165, 1.54) is 0 Å². The van der Waals surface area contributed by atoms with Crippen molar-refractivity contribution in [1.29, 1.82) is 0 Å². The van der Waals surface area contributed by atoms with Gasteiger partial charge < -0.3 is 10.6 Å². The number of aromatic nitrogens is 1. The summed E-state index contributed by atoms with van der Waals surface area (Å²) in [6.07, 6.45) is 7.13. The maximum absolute atomic E-state index is 12.5. The zero-order valence-electron chi connectivity index (χ0n) is 17.3. The summed E-state index contributed by atoms with van der Waals surface area (Å²) in [5.74, 6) is -1.44. The second-order valence-electron chi connectivity index (χ2n) is 7.61. The van der Waals surface area contributed by atoms with Crippen LogP contribution < -0.4 is 15.4 Å². The summed E-state index contributed by atoms with van der Waals surface area (Å²) in [4.78, 5) is 28.1. The van der Waals surface area contributed by atoms with Crippen LogP contribution >= 0.6 is 0 Å². The normalized spacial score (nSPS) is 14.7. The van der Waals surface area contributed by atoms with E-state index in [0.29, 0.717) is 12.1 Å². The molecule has 0 unspecified atom stereocenters. The molecule has 0 radical (unpaired) electrons. The van der Waals surface area contributed by atoms with Gasteiger partial charge in [-0.1, -0.05) is 37.5 Å². The molecule has 31 heavy (non-hydrogen) atoms. The van der Waals surface area contributed by atoms with Gasteiger partial charge in [0.2, 0.25) is 10.0 Å². The fourth-order valence-electron chi connectivity index (χ4n) is 3.50. The van der Waals surface area contributed by atoms with E-state index in [1.54, 1.807) is 48.7 Å². The Bertz CT molecular complexity index is 972. The molecule has 0 spiro atoms. The first-order valence-electron chi connectivity index (χ1n) is 10.5. The van der Waals surface area contributed by atoms with Gasteiger partial charge in [-0.3, -0.25) is 14.6 Å². The molecule has 2 aromatic rings. The standard InChI is InChI=1S/C22H28N4O4S/c27-21(22(28)25-16-19-8-4-5-14-23-19)24-15-13-17-9-11-20(12-10-17)31(29,30)26-18-6-2-1-3-7-18/h4-5,8-12,14,18,26H,1-3,6-7,13,15-16H2,(H,24,27)(H,25,28). The SMILES string of the molecule is O=C(NCCc1ccc(S(=O)(=O)NC2CCCCC2)cc1)C(=O)NCc1ccccn1. The minimum Gasteiger partial charge on any atom is -0.348 e. The third kappa shape index (κ3) is 7.15. The molecule has 1 saturated carbocycles. The van der Waals surface area contributed by atoms with Crippen LogP contribution in [0.1, 0.15) is 43.4 Å². The van der Waals surface area contributed by atoms with Crippen molar-refractivity contribution in [1.82, 2.24) is 20.3 Å². The summed E-state index contributed by atoms with van der Waals surface area (Å²) >= 11 is 0. The first kappa shape index (κ1) is 22.9.